The van der Waals surface area contributed by atoms with Crippen LogP contribution in [0.4, 0.5) is 5.69 Å². The van der Waals surface area contributed by atoms with Gasteiger partial charge in [0.1, 0.15) is 10.6 Å². The van der Waals surface area contributed by atoms with Crippen molar-refractivity contribution in [2.75, 3.05) is 10.8 Å². The summed E-state index contributed by atoms with van der Waals surface area (Å²) in [5.74, 6) is -0.209. The predicted octanol–water partition coefficient (Wildman–Crippen LogP) is 2.92. The number of para-hydroxylation sites is 2. The quantitative estimate of drug-likeness (QED) is 0.928. The van der Waals surface area contributed by atoms with E-state index in [1.807, 2.05) is 24.3 Å². The summed E-state index contributed by atoms with van der Waals surface area (Å²) in [6.07, 6.45) is 2.65. The molecule has 5 heteroatoms. The van der Waals surface area contributed by atoms with Gasteiger partial charge in [0.05, 0.1) is 5.69 Å². The number of aryl methyl sites for hydroxylation is 1. The van der Waals surface area contributed by atoms with Crippen molar-refractivity contribution in [3.63, 3.8) is 0 Å². The van der Waals surface area contributed by atoms with E-state index in [-0.39, 0.29) is 10.6 Å². The molecular weight excluding hydrogens is 286 g/mol. The third-order valence-electron chi connectivity index (χ3n) is 3.75. The molecule has 0 radical (unpaired) electrons. The maximum Gasteiger partial charge on any atom is 0.268 e. The molecule has 0 bridgehead atoms. The maximum absolute atomic E-state index is 12.9. The van der Waals surface area contributed by atoms with Gasteiger partial charge in [-0.25, -0.2) is 8.42 Å². The molecule has 21 heavy (non-hydrogen) atoms. The molecule has 3 rings (SSSR count). The molecule has 110 valence electrons. The molecule has 0 aliphatic carbocycles. The zero-order valence-electron chi connectivity index (χ0n) is 11.6. The van der Waals surface area contributed by atoms with Crippen LogP contribution in [0.1, 0.15) is 18.4 Å². The summed E-state index contributed by atoms with van der Waals surface area (Å²) in [5, 5.41) is 9.89. The minimum Gasteiger partial charge on any atom is -0.507 e. The molecule has 2 aromatic rings. The lowest BCUT2D eigenvalue weighted by Crippen LogP contribution is -2.31. The molecular formula is C16H17NO3S. The van der Waals surface area contributed by atoms with Gasteiger partial charge < -0.3 is 5.11 Å². The van der Waals surface area contributed by atoms with E-state index in [9.17, 15) is 13.5 Å². The Morgan fingerprint density at radius 3 is 2.48 bits per heavy atom. The Labute approximate surface area is 124 Å². The van der Waals surface area contributed by atoms with E-state index in [0.717, 1.165) is 30.5 Å². The molecule has 0 aromatic heterocycles. The van der Waals surface area contributed by atoms with Crippen molar-refractivity contribution < 1.29 is 13.5 Å². The first-order chi connectivity index (χ1) is 10.1. The van der Waals surface area contributed by atoms with Gasteiger partial charge in [-0.3, -0.25) is 4.31 Å². The van der Waals surface area contributed by atoms with Crippen molar-refractivity contribution in [2.45, 2.75) is 24.2 Å². The molecule has 4 nitrogen and oxygen atoms in total. The second kappa shape index (κ2) is 5.41. The molecule has 1 aliphatic heterocycles. The number of hydrogen-bond acceptors (Lipinski definition) is 3. The molecule has 0 saturated carbocycles. The highest BCUT2D eigenvalue weighted by Gasteiger charge is 2.29. The number of phenolic OH excluding ortho intramolecular Hbond substituents is 1. The fourth-order valence-corrected chi connectivity index (χ4v) is 4.33. The van der Waals surface area contributed by atoms with Crippen LogP contribution in [0.5, 0.6) is 5.75 Å². The van der Waals surface area contributed by atoms with Crippen LogP contribution < -0.4 is 4.31 Å². The lowest BCUT2D eigenvalue weighted by Gasteiger charge is -2.24. The van der Waals surface area contributed by atoms with Crippen molar-refractivity contribution in [2.24, 2.45) is 0 Å². The molecule has 0 spiro atoms. The first-order valence-electron chi connectivity index (χ1n) is 6.99. The molecule has 1 aliphatic rings. The number of hydrogen-bond donors (Lipinski definition) is 1. The first-order valence-corrected chi connectivity index (χ1v) is 8.43. The number of fused-ring (bicyclic) bond motifs is 1. The Kier molecular flexibility index (Phi) is 3.59. The molecule has 0 amide bonds. The van der Waals surface area contributed by atoms with Crippen LogP contribution in [0, 0.1) is 0 Å². The fraction of sp³-hybridized carbons (Fsp3) is 0.250. The Bertz CT molecular complexity index is 756. The van der Waals surface area contributed by atoms with Crippen molar-refractivity contribution in [3.05, 3.63) is 54.1 Å². The summed E-state index contributed by atoms with van der Waals surface area (Å²) in [6.45, 7) is 0.438. The van der Waals surface area contributed by atoms with Gasteiger partial charge in [-0.05, 0) is 43.0 Å². The van der Waals surface area contributed by atoms with E-state index in [0.29, 0.717) is 6.54 Å². The van der Waals surface area contributed by atoms with E-state index >= 15 is 0 Å². The maximum atomic E-state index is 12.9. The molecule has 0 atom stereocenters. The van der Waals surface area contributed by atoms with E-state index in [4.69, 9.17) is 0 Å². The average Bonchev–Trinajstić information content (AvgIpc) is 2.70. The zero-order valence-corrected chi connectivity index (χ0v) is 12.4. The highest BCUT2D eigenvalue weighted by Crippen LogP contribution is 2.33. The number of sulfonamides is 1. The summed E-state index contributed by atoms with van der Waals surface area (Å²) in [5.41, 5.74) is 1.76. The van der Waals surface area contributed by atoms with Crippen molar-refractivity contribution >= 4 is 15.7 Å². The van der Waals surface area contributed by atoms with E-state index in [1.54, 1.807) is 12.1 Å². The summed E-state index contributed by atoms with van der Waals surface area (Å²) in [7, 11) is -3.75. The van der Waals surface area contributed by atoms with Crippen LogP contribution in [0.25, 0.3) is 0 Å². The second-order valence-electron chi connectivity index (χ2n) is 5.13. The lowest BCUT2D eigenvalue weighted by molar-refractivity contribution is 0.458. The van der Waals surface area contributed by atoms with Crippen LogP contribution in [-0.4, -0.2) is 20.1 Å². The SMILES string of the molecule is O=S(=O)(c1ccccc1O)N1CCCCc2ccccc21. The van der Waals surface area contributed by atoms with Gasteiger partial charge in [-0.2, -0.15) is 0 Å². The molecule has 0 unspecified atom stereocenters. The van der Waals surface area contributed by atoms with Gasteiger partial charge >= 0.3 is 0 Å². The van der Waals surface area contributed by atoms with Gasteiger partial charge in [0, 0.05) is 6.54 Å². The van der Waals surface area contributed by atoms with E-state index < -0.39 is 10.0 Å². The molecule has 1 heterocycles. The molecule has 0 fully saturated rings. The van der Waals surface area contributed by atoms with Crippen molar-refractivity contribution in [1.29, 1.82) is 0 Å². The predicted molar refractivity (Wildman–Crippen MR) is 82.0 cm³/mol. The zero-order chi connectivity index (χ0) is 14.9. The summed E-state index contributed by atoms with van der Waals surface area (Å²) < 4.78 is 27.2. The number of anilines is 1. The largest absolute Gasteiger partial charge is 0.507 e. The van der Waals surface area contributed by atoms with Gasteiger partial charge in [0.25, 0.3) is 10.0 Å². The Balaban J connectivity index is 2.13. The smallest absolute Gasteiger partial charge is 0.268 e. The number of rotatable bonds is 2. The van der Waals surface area contributed by atoms with E-state index in [2.05, 4.69) is 0 Å². The van der Waals surface area contributed by atoms with Crippen LogP contribution in [0.2, 0.25) is 0 Å². The summed E-state index contributed by atoms with van der Waals surface area (Å²) >= 11 is 0. The van der Waals surface area contributed by atoms with E-state index in [1.165, 1.54) is 16.4 Å². The standard InChI is InChI=1S/C16H17NO3S/c18-15-10-3-4-11-16(15)21(19,20)17-12-6-5-8-13-7-1-2-9-14(13)17/h1-4,7,9-11,18H,5-6,8,12H2. The summed E-state index contributed by atoms with van der Waals surface area (Å²) in [6, 6.07) is 13.6. The third-order valence-corrected chi connectivity index (χ3v) is 5.61. The average molecular weight is 303 g/mol. The van der Waals surface area contributed by atoms with Crippen LogP contribution in [0.15, 0.2) is 53.4 Å². The lowest BCUT2D eigenvalue weighted by atomic mass is 10.1. The minimum absolute atomic E-state index is 0.0401. The first kappa shape index (κ1) is 13.9. The van der Waals surface area contributed by atoms with Gasteiger partial charge in [-0.1, -0.05) is 30.3 Å². The monoisotopic (exact) mass is 303 g/mol. The van der Waals surface area contributed by atoms with Crippen molar-refractivity contribution in [1.82, 2.24) is 0 Å². The molecule has 2 aromatic carbocycles. The van der Waals surface area contributed by atoms with Crippen molar-refractivity contribution in [3.8, 4) is 5.75 Å². The number of nitrogens with zero attached hydrogens (tertiary/aromatic N) is 1. The van der Waals surface area contributed by atoms with Crippen LogP contribution >= 0.6 is 0 Å². The highest BCUT2D eigenvalue weighted by atomic mass is 32.2. The molecule has 0 saturated heterocycles. The Hall–Kier alpha value is -2.01. The normalized spacial score (nSPS) is 15.3. The van der Waals surface area contributed by atoms with Crippen LogP contribution in [0.3, 0.4) is 0 Å². The number of phenols is 1. The Morgan fingerprint density at radius 1 is 0.952 bits per heavy atom. The molecule has 1 N–H and O–H groups in total. The highest BCUT2D eigenvalue weighted by molar-refractivity contribution is 7.93. The van der Waals surface area contributed by atoms with Gasteiger partial charge in [0.2, 0.25) is 0 Å². The summed E-state index contributed by atoms with van der Waals surface area (Å²) in [4.78, 5) is -0.0401. The van der Waals surface area contributed by atoms with Gasteiger partial charge in [-0.15, -0.1) is 0 Å². The minimum atomic E-state index is -3.75. The van der Waals surface area contributed by atoms with Crippen LogP contribution in [-0.2, 0) is 16.4 Å². The Morgan fingerprint density at radius 2 is 1.67 bits per heavy atom. The third kappa shape index (κ3) is 2.49. The second-order valence-corrected chi connectivity index (χ2v) is 6.96. The number of aromatic hydroxyl groups is 1. The number of benzene rings is 2. The topological polar surface area (TPSA) is 57.6 Å². The van der Waals surface area contributed by atoms with Gasteiger partial charge in [0.15, 0.2) is 0 Å². The fourth-order valence-electron chi connectivity index (χ4n) is 2.70.